The van der Waals surface area contributed by atoms with Crippen molar-refractivity contribution in [2.24, 2.45) is 0 Å². The molecule has 0 aliphatic rings. The number of aliphatic hydroxyl groups excluding tert-OH is 1. The van der Waals surface area contributed by atoms with Gasteiger partial charge in [0, 0.05) is 5.56 Å². The molecular formula is C12H14N2O4. The molecule has 0 saturated carbocycles. The van der Waals surface area contributed by atoms with Crippen LogP contribution in [0.25, 0.3) is 11.5 Å². The lowest BCUT2D eigenvalue weighted by molar-refractivity contribution is 0.0705. The topological polar surface area (TPSA) is 77.6 Å². The third-order valence-electron chi connectivity index (χ3n) is 2.19. The average Bonchev–Trinajstić information content (AvgIpc) is 2.93. The monoisotopic (exact) mass is 250 g/mol. The lowest BCUT2D eigenvalue weighted by atomic mass is 10.2. The summed E-state index contributed by atoms with van der Waals surface area (Å²) < 4.78 is 15.6. The van der Waals surface area contributed by atoms with Gasteiger partial charge in [-0.3, -0.25) is 0 Å². The minimum atomic E-state index is 0.0267. The van der Waals surface area contributed by atoms with Crippen LogP contribution in [0.5, 0.6) is 5.75 Å². The highest BCUT2D eigenvalue weighted by atomic mass is 16.5. The van der Waals surface area contributed by atoms with E-state index in [-0.39, 0.29) is 6.61 Å². The molecule has 1 heterocycles. The van der Waals surface area contributed by atoms with Crippen molar-refractivity contribution in [3.63, 3.8) is 0 Å². The second kappa shape index (κ2) is 6.73. The Balaban J connectivity index is 1.81. The predicted octanol–water partition coefficient (Wildman–Crippen LogP) is 1.12. The quantitative estimate of drug-likeness (QED) is 0.742. The van der Waals surface area contributed by atoms with Gasteiger partial charge in [0.15, 0.2) is 0 Å². The van der Waals surface area contributed by atoms with Crippen molar-refractivity contribution in [2.75, 3.05) is 26.4 Å². The van der Waals surface area contributed by atoms with E-state index >= 15 is 0 Å². The summed E-state index contributed by atoms with van der Waals surface area (Å²) in [7, 11) is 0. The van der Waals surface area contributed by atoms with Gasteiger partial charge in [0.05, 0.1) is 19.8 Å². The number of aromatic nitrogens is 2. The zero-order chi connectivity index (χ0) is 12.6. The van der Waals surface area contributed by atoms with Crippen molar-refractivity contribution >= 4 is 0 Å². The largest absolute Gasteiger partial charge is 0.491 e. The third kappa shape index (κ3) is 3.54. The van der Waals surface area contributed by atoms with E-state index in [2.05, 4.69) is 10.2 Å². The fourth-order valence-corrected chi connectivity index (χ4v) is 1.38. The molecule has 0 saturated heterocycles. The molecule has 0 atom stereocenters. The minimum absolute atomic E-state index is 0.0267. The first-order valence-electron chi connectivity index (χ1n) is 5.58. The maximum atomic E-state index is 8.52. The van der Waals surface area contributed by atoms with Gasteiger partial charge in [-0.2, -0.15) is 0 Å². The Hall–Kier alpha value is -1.92. The first-order chi connectivity index (χ1) is 8.90. The molecule has 96 valence electrons. The molecule has 0 aliphatic carbocycles. The van der Waals surface area contributed by atoms with Gasteiger partial charge in [0.2, 0.25) is 12.3 Å². The highest BCUT2D eigenvalue weighted by Gasteiger charge is 2.03. The van der Waals surface area contributed by atoms with Gasteiger partial charge in [-0.1, -0.05) is 0 Å². The SMILES string of the molecule is OCCOCCOc1ccc(-c2nnco2)cc1. The number of rotatable bonds is 7. The molecule has 0 unspecified atom stereocenters. The molecule has 0 aliphatic heterocycles. The molecule has 6 heteroatoms. The summed E-state index contributed by atoms with van der Waals surface area (Å²) in [6.07, 6.45) is 1.29. The first kappa shape index (κ1) is 12.5. The van der Waals surface area contributed by atoms with Crippen LogP contribution in [-0.4, -0.2) is 41.7 Å². The van der Waals surface area contributed by atoms with Crippen molar-refractivity contribution < 1.29 is 19.0 Å². The molecule has 0 amide bonds. The van der Waals surface area contributed by atoms with E-state index < -0.39 is 0 Å². The summed E-state index contributed by atoms with van der Waals surface area (Å²) in [6, 6.07) is 7.34. The van der Waals surface area contributed by atoms with Crippen LogP contribution in [0.15, 0.2) is 35.1 Å². The number of ether oxygens (including phenoxy) is 2. The van der Waals surface area contributed by atoms with Crippen LogP contribution < -0.4 is 4.74 Å². The normalized spacial score (nSPS) is 10.5. The lowest BCUT2D eigenvalue weighted by Crippen LogP contribution is -2.08. The zero-order valence-electron chi connectivity index (χ0n) is 9.78. The minimum Gasteiger partial charge on any atom is -0.491 e. The molecule has 18 heavy (non-hydrogen) atoms. The Morgan fingerprint density at radius 2 is 1.94 bits per heavy atom. The Morgan fingerprint density at radius 3 is 2.61 bits per heavy atom. The second-order valence-corrected chi connectivity index (χ2v) is 3.45. The third-order valence-corrected chi connectivity index (χ3v) is 2.19. The maximum Gasteiger partial charge on any atom is 0.247 e. The molecule has 0 spiro atoms. The van der Waals surface area contributed by atoms with Crippen molar-refractivity contribution in [1.82, 2.24) is 10.2 Å². The van der Waals surface area contributed by atoms with Gasteiger partial charge >= 0.3 is 0 Å². The molecule has 2 aromatic rings. The molecule has 1 N–H and O–H groups in total. The predicted molar refractivity (Wildman–Crippen MR) is 63.1 cm³/mol. The van der Waals surface area contributed by atoms with Crippen LogP contribution in [0.4, 0.5) is 0 Å². The van der Waals surface area contributed by atoms with Crippen LogP contribution in [0, 0.1) is 0 Å². The lowest BCUT2D eigenvalue weighted by Gasteiger charge is -2.06. The maximum absolute atomic E-state index is 8.52. The number of aliphatic hydroxyl groups is 1. The highest BCUT2D eigenvalue weighted by Crippen LogP contribution is 2.19. The van der Waals surface area contributed by atoms with Crippen LogP contribution in [0.1, 0.15) is 0 Å². The Labute approximate surface area is 104 Å². The van der Waals surface area contributed by atoms with E-state index in [0.29, 0.717) is 25.7 Å². The Bertz CT molecular complexity index is 442. The smallest absolute Gasteiger partial charge is 0.247 e. The number of hydrogen-bond donors (Lipinski definition) is 1. The van der Waals surface area contributed by atoms with E-state index in [4.69, 9.17) is 19.0 Å². The van der Waals surface area contributed by atoms with Gasteiger partial charge in [-0.25, -0.2) is 0 Å². The first-order valence-corrected chi connectivity index (χ1v) is 5.58. The molecular weight excluding hydrogens is 236 g/mol. The van der Waals surface area contributed by atoms with Gasteiger partial charge < -0.3 is 19.0 Å². The molecule has 6 nitrogen and oxygen atoms in total. The summed E-state index contributed by atoms with van der Waals surface area (Å²) in [6.45, 7) is 1.25. The van der Waals surface area contributed by atoms with Gasteiger partial charge in [0.25, 0.3) is 0 Å². The van der Waals surface area contributed by atoms with Gasteiger partial charge in [-0.05, 0) is 24.3 Å². The summed E-state index contributed by atoms with van der Waals surface area (Å²) in [4.78, 5) is 0. The van der Waals surface area contributed by atoms with Gasteiger partial charge in [-0.15, -0.1) is 10.2 Å². The molecule has 0 bridgehead atoms. The Morgan fingerprint density at radius 1 is 1.11 bits per heavy atom. The fraction of sp³-hybridized carbons (Fsp3) is 0.333. The molecule has 1 aromatic carbocycles. The molecule has 0 radical (unpaired) electrons. The van der Waals surface area contributed by atoms with Crippen molar-refractivity contribution in [3.05, 3.63) is 30.7 Å². The summed E-state index contributed by atoms with van der Waals surface area (Å²) in [5.41, 5.74) is 0.844. The van der Waals surface area contributed by atoms with Crippen molar-refractivity contribution in [1.29, 1.82) is 0 Å². The average molecular weight is 250 g/mol. The van der Waals surface area contributed by atoms with Crippen LogP contribution in [0.2, 0.25) is 0 Å². The van der Waals surface area contributed by atoms with E-state index in [1.807, 2.05) is 24.3 Å². The van der Waals surface area contributed by atoms with Crippen LogP contribution in [-0.2, 0) is 4.74 Å². The summed E-state index contributed by atoms with van der Waals surface area (Å²) in [5, 5.41) is 15.9. The van der Waals surface area contributed by atoms with Crippen LogP contribution >= 0.6 is 0 Å². The number of nitrogens with zero attached hydrogens (tertiary/aromatic N) is 2. The second-order valence-electron chi connectivity index (χ2n) is 3.45. The fourth-order valence-electron chi connectivity index (χ4n) is 1.38. The van der Waals surface area contributed by atoms with E-state index in [1.165, 1.54) is 6.39 Å². The number of hydrogen-bond acceptors (Lipinski definition) is 6. The van der Waals surface area contributed by atoms with Gasteiger partial charge in [0.1, 0.15) is 12.4 Å². The van der Waals surface area contributed by atoms with E-state index in [9.17, 15) is 0 Å². The summed E-state index contributed by atoms with van der Waals surface area (Å²) >= 11 is 0. The van der Waals surface area contributed by atoms with E-state index in [0.717, 1.165) is 11.3 Å². The summed E-state index contributed by atoms with van der Waals surface area (Å²) in [5.74, 6) is 1.22. The van der Waals surface area contributed by atoms with Crippen molar-refractivity contribution in [3.8, 4) is 17.2 Å². The molecule has 1 aromatic heterocycles. The Kier molecular flexibility index (Phi) is 4.68. The van der Waals surface area contributed by atoms with Crippen LogP contribution in [0.3, 0.4) is 0 Å². The number of benzene rings is 1. The molecule has 0 fully saturated rings. The standard InChI is InChI=1S/C12H14N2O4/c15-5-6-16-7-8-17-11-3-1-10(2-4-11)12-14-13-9-18-12/h1-4,9,15H,5-8H2. The van der Waals surface area contributed by atoms with Crippen molar-refractivity contribution in [2.45, 2.75) is 0 Å². The zero-order valence-corrected chi connectivity index (χ0v) is 9.78. The highest BCUT2D eigenvalue weighted by molar-refractivity contribution is 5.53. The van der Waals surface area contributed by atoms with E-state index in [1.54, 1.807) is 0 Å². The molecule has 2 rings (SSSR count).